The first-order valence-corrected chi connectivity index (χ1v) is 6.82. The minimum absolute atomic E-state index is 0.140. The van der Waals surface area contributed by atoms with E-state index in [1.54, 1.807) is 12.1 Å². The molecule has 0 bridgehead atoms. The van der Waals surface area contributed by atoms with Gasteiger partial charge in [0.05, 0.1) is 6.61 Å². The van der Waals surface area contributed by atoms with Gasteiger partial charge in [-0.1, -0.05) is 29.8 Å². The molecule has 1 nitrogen and oxygen atoms in total. The van der Waals surface area contributed by atoms with Crippen LogP contribution in [0.25, 0.3) is 0 Å². The summed E-state index contributed by atoms with van der Waals surface area (Å²) in [4.78, 5) is 0.585. The van der Waals surface area contributed by atoms with Crippen molar-refractivity contribution < 1.29 is 9.50 Å². The van der Waals surface area contributed by atoms with Gasteiger partial charge in [-0.15, -0.1) is 11.8 Å². The molecular formula is C14H12ClFOS. The highest BCUT2D eigenvalue weighted by molar-refractivity contribution is 7.98. The summed E-state index contributed by atoms with van der Waals surface area (Å²) < 4.78 is 13.7. The molecule has 2 aromatic carbocycles. The number of hydrogen-bond donors (Lipinski definition) is 1. The average molecular weight is 283 g/mol. The minimum atomic E-state index is -0.291. The van der Waals surface area contributed by atoms with Gasteiger partial charge >= 0.3 is 0 Å². The zero-order valence-corrected chi connectivity index (χ0v) is 11.1. The SMILES string of the molecule is OCc1ccc(SCc2ccc(Cl)cc2)c(F)c1. The summed E-state index contributed by atoms with van der Waals surface area (Å²) >= 11 is 7.22. The highest BCUT2D eigenvalue weighted by atomic mass is 35.5. The topological polar surface area (TPSA) is 20.2 Å². The van der Waals surface area contributed by atoms with Crippen LogP contribution >= 0.6 is 23.4 Å². The van der Waals surface area contributed by atoms with Crippen LogP contribution in [0.3, 0.4) is 0 Å². The fourth-order valence-electron chi connectivity index (χ4n) is 1.50. The van der Waals surface area contributed by atoms with E-state index in [9.17, 15) is 4.39 Å². The van der Waals surface area contributed by atoms with Crippen molar-refractivity contribution in [2.24, 2.45) is 0 Å². The maximum absolute atomic E-state index is 13.7. The summed E-state index contributed by atoms with van der Waals surface area (Å²) in [7, 11) is 0. The summed E-state index contributed by atoms with van der Waals surface area (Å²) in [6.07, 6.45) is 0. The van der Waals surface area contributed by atoms with Crippen molar-refractivity contribution in [1.82, 2.24) is 0 Å². The monoisotopic (exact) mass is 282 g/mol. The van der Waals surface area contributed by atoms with Crippen molar-refractivity contribution in [2.75, 3.05) is 0 Å². The van der Waals surface area contributed by atoms with Crippen LogP contribution in [0, 0.1) is 5.82 Å². The summed E-state index contributed by atoms with van der Waals surface area (Å²) in [6, 6.07) is 12.3. The molecule has 0 heterocycles. The predicted octanol–water partition coefficient (Wildman–Crippen LogP) is 4.26. The molecule has 4 heteroatoms. The molecule has 0 fully saturated rings. The molecular weight excluding hydrogens is 271 g/mol. The molecule has 0 aromatic heterocycles. The number of halogens is 2. The molecule has 0 spiro atoms. The molecule has 0 aliphatic heterocycles. The summed E-state index contributed by atoms with van der Waals surface area (Å²) in [6.45, 7) is -0.140. The first-order valence-electron chi connectivity index (χ1n) is 5.45. The Hall–Kier alpha value is -1.03. The second-order valence-corrected chi connectivity index (χ2v) is 5.29. The third-order valence-electron chi connectivity index (χ3n) is 2.49. The molecule has 0 amide bonds. The molecule has 1 N–H and O–H groups in total. The Kier molecular flexibility index (Phi) is 4.64. The van der Waals surface area contributed by atoms with E-state index in [0.29, 0.717) is 21.2 Å². The van der Waals surface area contributed by atoms with E-state index >= 15 is 0 Å². The van der Waals surface area contributed by atoms with Gasteiger partial charge < -0.3 is 5.11 Å². The van der Waals surface area contributed by atoms with Crippen LogP contribution in [0.1, 0.15) is 11.1 Å². The Labute approximate surface area is 115 Å². The number of benzene rings is 2. The Morgan fingerprint density at radius 1 is 1.06 bits per heavy atom. The summed E-state index contributed by atoms with van der Waals surface area (Å²) in [5.41, 5.74) is 1.68. The third kappa shape index (κ3) is 3.48. The fourth-order valence-corrected chi connectivity index (χ4v) is 2.50. The van der Waals surface area contributed by atoms with Crippen molar-refractivity contribution in [3.05, 3.63) is 64.4 Å². The largest absolute Gasteiger partial charge is 0.392 e. The molecule has 2 rings (SSSR count). The van der Waals surface area contributed by atoms with Crippen molar-refractivity contribution >= 4 is 23.4 Å². The summed E-state index contributed by atoms with van der Waals surface area (Å²) in [5, 5.41) is 9.60. The lowest BCUT2D eigenvalue weighted by atomic mass is 10.2. The van der Waals surface area contributed by atoms with E-state index < -0.39 is 0 Å². The van der Waals surface area contributed by atoms with Crippen molar-refractivity contribution in [3.63, 3.8) is 0 Å². The standard InChI is InChI=1S/C14H12ClFOS/c15-12-4-1-10(2-5-12)9-18-14-6-3-11(8-17)7-13(14)16/h1-7,17H,8-9H2. The van der Waals surface area contributed by atoms with E-state index in [-0.39, 0.29) is 12.4 Å². The van der Waals surface area contributed by atoms with Crippen LogP contribution in [-0.4, -0.2) is 5.11 Å². The van der Waals surface area contributed by atoms with Crippen LogP contribution in [0.15, 0.2) is 47.4 Å². The Bertz CT molecular complexity index is 528. The number of rotatable bonds is 4. The lowest BCUT2D eigenvalue weighted by Gasteiger charge is -2.05. The lowest BCUT2D eigenvalue weighted by molar-refractivity contribution is 0.281. The van der Waals surface area contributed by atoms with Crippen LogP contribution in [0.4, 0.5) is 4.39 Å². The second-order valence-electron chi connectivity index (χ2n) is 3.84. The minimum Gasteiger partial charge on any atom is -0.392 e. The first-order chi connectivity index (χ1) is 8.69. The van der Waals surface area contributed by atoms with Gasteiger partial charge in [0.15, 0.2) is 0 Å². The van der Waals surface area contributed by atoms with Gasteiger partial charge in [0.1, 0.15) is 5.82 Å². The first kappa shape index (κ1) is 13.4. The van der Waals surface area contributed by atoms with Gasteiger partial charge in [0.2, 0.25) is 0 Å². The molecule has 2 aromatic rings. The molecule has 0 saturated carbocycles. The smallest absolute Gasteiger partial charge is 0.137 e. The number of aliphatic hydroxyl groups is 1. The van der Waals surface area contributed by atoms with Gasteiger partial charge in [0, 0.05) is 15.7 Å². The quantitative estimate of drug-likeness (QED) is 0.846. The molecule has 18 heavy (non-hydrogen) atoms. The van der Waals surface area contributed by atoms with E-state index in [2.05, 4.69) is 0 Å². The van der Waals surface area contributed by atoms with Crippen molar-refractivity contribution in [2.45, 2.75) is 17.3 Å². The van der Waals surface area contributed by atoms with Gasteiger partial charge in [0.25, 0.3) is 0 Å². The molecule has 0 saturated heterocycles. The number of hydrogen-bond acceptors (Lipinski definition) is 2. The normalized spacial score (nSPS) is 10.6. The van der Waals surface area contributed by atoms with E-state index in [1.807, 2.05) is 24.3 Å². The van der Waals surface area contributed by atoms with Crippen molar-refractivity contribution in [3.8, 4) is 0 Å². The molecule has 0 unspecified atom stereocenters. The number of thioether (sulfide) groups is 1. The Morgan fingerprint density at radius 2 is 1.72 bits per heavy atom. The van der Waals surface area contributed by atoms with E-state index in [4.69, 9.17) is 16.7 Å². The second kappa shape index (κ2) is 6.23. The van der Waals surface area contributed by atoms with E-state index in [1.165, 1.54) is 17.8 Å². The van der Waals surface area contributed by atoms with Crippen LogP contribution < -0.4 is 0 Å². The summed E-state index contributed by atoms with van der Waals surface area (Å²) in [5.74, 6) is 0.396. The van der Waals surface area contributed by atoms with Crippen molar-refractivity contribution in [1.29, 1.82) is 0 Å². The maximum Gasteiger partial charge on any atom is 0.137 e. The molecule has 0 aliphatic rings. The van der Waals surface area contributed by atoms with Crippen LogP contribution in [-0.2, 0) is 12.4 Å². The third-order valence-corrected chi connectivity index (χ3v) is 3.86. The van der Waals surface area contributed by atoms with E-state index in [0.717, 1.165) is 5.56 Å². The zero-order chi connectivity index (χ0) is 13.0. The van der Waals surface area contributed by atoms with Gasteiger partial charge in [-0.2, -0.15) is 0 Å². The molecule has 94 valence electrons. The lowest BCUT2D eigenvalue weighted by Crippen LogP contribution is -1.88. The van der Waals surface area contributed by atoms with Crippen LogP contribution in [0.2, 0.25) is 5.02 Å². The molecule has 0 atom stereocenters. The van der Waals surface area contributed by atoms with Gasteiger partial charge in [-0.25, -0.2) is 4.39 Å². The predicted molar refractivity (Wildman–Crippen MR) is 73.3 cm³/mol. The molecule has 0 aliphatic carbocycles. The van der Waals surface area contributed by atoms with Crippen LogP contribution in [0.5, 0.6) is 0 Å². The average Bonchev–Trinajstić information content (AvgIpc) is 2.39. The Morgan fingerprint density at radius 3 is 2.33 bits per heavy atom. The number of aliphatic hydroxyl groups excluding tert-OH is 1. The Balaban J connectivity index is 2.04. The molecule has 0 radical (unpaired) electrons. The van der Waals surface area contributed by atoms with Gasteiger partial charge in [-0.3, -0.25) is 0 Å². The fraction of sp³-hybridized carbons (Fsp3) is 0.143. The highest BCUT2D eigenvalue weighted by Gasteiger charge is 2.04. The maximum atomic E-state index is 13.7. The zero-order valence-electron chi connectivity index (χ0n) is 9.57. The highest BCUT2D eigenvalue weighted by Crippen LogP contribution is 2.26. The van der Waals surface area contributed by atoms with Gasteiger partial charge in [-0.05, 0) is 35.4 Å².